The molecule has 114 valence electrons. The molecule has 0 aliphatic carbocycles. The highest BCUT2D eigenvalue weighted by Gasteiger charge is 2.25. The van der Waals surface area contributed by atoms with Gasteiger partial charge in [0, 0.05) is 12.6 Å². The summed E-state index contributed by atoms with van der Waals surface area (Å²) < 4.78 is 10.7. The molecule has 22 heavy (non-hydrogen) atoms. The minimum Gasteiger partial charge on any atom is -0.495 e. The number of rotatable bonds is 3. The number of anilines is 1. The monoisotopic (exact) mass is 297 g/mol. The number of fused-ring (bicyclic) bond motifs is 1. The van der Waals surface area contributed by atoms with Crippen LogP contribution in [0, 0.1) is 6.92 Å². The molecule has 4 nitrogen and oxygen atoms in total. The number of carbonyl (C=O) groups excluding carboxylic acids is 1. The molecule has 1 amide bonds. The van der Waals surface area contributed by atoms with Crippen LogP contribution in [0.5, 0.6) is 5.75 Å². The van der Waals surface area contributed by atoms with E-state index in [0.717, 1.165) is 24.3 Å². The molecular weight excluding hydrogens is 278 g/mol. The zero-order chi connectivity index (χ0) is 15.5. The van der Waals surface area contributed by atoms with E-state index < -0.39 is 0 Å². The first-order valence-electron chi connectivity index (χ1n) is 7.40. The van der Waals surface area contributed by atoms with Gasteiger partial charge in [0.2, 0.25) is 0 Å². The number of methoxy groups -OCH3 is 1. The van der Waals surface area contributed by atoms with Gasteiger partial charge in [-0.3, -0.25) is 4.79 Å². The Hall–Kier alpha value is -2.49. The number of amides is 1. The Bertz CT molecular complexity index is 701. The van der Waals surface area contributed by atoms with Gasteiger partial charge in [0.15, 0.2) is 0 Å². The molecule has 0 unspecified atom stereocenters. The molecule has 1 aliphatic heterocycles. The predicted octanol–water partition coefficient (Wildman–Crippen LogP) is 3.59. The van der Waals surface area contributed by atoms with E-state index in [0.29, 0.717) is 12.3 Å². The lowest BCUT2D eigenvalue weighted by Gasteiger charge is -2.31. The summed E-state index contributed by atoms with van der Waals surface area (Å²) in [6, 6.07) is 7.59. The average molecular weight is 297 g/mol. The Morgan fingerprint density at radius 1 is 1.36 bits per heavy atom. The molecule has 0 saturated heterocycles. The highest BCUT2D eigenvalue weighted by Crippen LogP contribution is 2.38. The van der Waals surface area contributed by atoms with Crippen molar-refractivity contribution in [3.63, 3.8) is 0 Å². The lowest BCUT2D eigenvalue weighted by molar-refractivity contribution is -0.114. The van der Waals surface area contributed by atoms with Crippen molar-refractivity contribution in [2.24, 2.45) is 0 Å². The van der Waals surface area contributed by atoms with Gasteiger partial charge in [-0.05, 0) is 55.2 Å². The maximum absolute atomic E-state index is 12.6. The highest BCUT2D eigenvalue weighted by atomic mass is 16.5. The quantitative estimate of drug-likeness (QED) is 0.813. The van der Waals surface area contributed by atoms with Gasteiger partial charge < -0.3 is 14.1 Å². The van der Waals surface area contributed by atoms with Crippen molar-refractivity contribution in [2.45, 2.75) is 19.8 Å². The maximum Gasteiger partial charge on any atom is 0.251 e. The highest BCUT2D eigenvalue weighted by molar-refractivity contribution is 6.05. The molecule has 0 atom stereocenters. The van der Waals surface area contributed by atoms with Crippen LogP contribution < -0.4 is 9.64 Å². The molecule has 0 radical (unpaired) electrons. The molecule has 3 rings (SSSR count). The zero-order valence-corrected chi connectivity index (χ0v) is 12.8. The lowest BCUT2D eigenvalue weighted by atomic mass is 9.96. The van der Waals surface area contributed by atoms with Crippen molar-refractivity contribution in [3.05, 3.63) is 53.5 Å². The van der Waals surface area contributed by atoms with Gasteiger partial charge in [-0.25, -0.2) is 0 Å². The van der Waals surface area contributed by atoms with Crippen LogP contribution in [0.4, 0.5) is 5.69 Å². The second-order valence-electron chi connectivity index (χ2n) is 5.35. The van der Waals surface area contributed by atoms with Crippen LogP contribution in [0.25, 0.3) is 6.08 Å². The van der Waals surface area contributed by atoms with Gasteiger partial charge in [-0.15, -0.1) is 0 Å². The molecule has 0 N–H and O–H groups in total. The molecule has 0 fully saturated rings. The van der Waals surface area contributed by atoms with Crippen LogP contribution in [0.15, 0.2) is 41.0 Å². The number of ether oxygens (including phenoxy) is 1. The molecule has 2 heterocycles. The third kappa shape index (κ3) is 2.64. The summed E-state index contributed by atoms with van der Waals surface area (Å²) in [5, 5.41) is 0. The van der Waals surface area contributed by atoms with Crippen molar-refractivity contribution < 1.29 is 13.9 Å². The Morgan fingerprint density at radius 3 is 2.95 bits per heavy atom. The van der Waals surface area contributed by atoms with Gasteiger partial charge in [0.25, 0.3) is 5.91 Å². The van der Waals surface area contributed by atoms with E-state index in [1.807, 2.05) is 18.2 Å². The smallest absolute Gasteiger partial charge is 0.251 e. The third-order valence-corrected chi connectivity index (χ3v) is 3.98. The fraction of sp³-hybridized carbons (Fsp3) is 0.278. The van der Waals surface area contributed by atoms with Gasteiger partial charge in [0.05, 0.1) is 19.1 Å². The second-order valence-corrected chi connectivity index (χ2v) is 5.35. The summed E-state index contributed by atoms with van der Waals surface area (Å²) in [4.78, 5) is 14.4. The summed E-state index contributed by atoms with van der Waals surface area (Å²) in [5.41, 5.74) is 3.30. The minimum atomic E-state index is -0.0544. The van der Waals surface area contributed by atoms with Crippen LogP contribution in [0.1, 0.15) is 23.3 Å². The Morgan fingerprint density at radius 2 is 2.23 bits per heavy atom. The summed E-state index contributed by atoms with van der Waals surface area (Å²) in [6.07, 6.45) is 6.77. The third-order valence-electron chi connectivity index (χ3n) is 3.98. The van der Waals surface area contributed by atoms with Gasteiger partial charge >= 0.3 is 0 Å². The Balaban J connectivity index is 1.94. The molecule has 0 saturated carbocycles. The van der Waals surface area contributed by atoms with E-state index in [9.17, 15) is 4.79 Å². The zero-order valence-electron chi connectivity index (χ0n) is 12.8. The standard InChI is InChI=1S/C18H19NO3/c1-13-7-9-16(21-2)18-15(13)6-3-11-19(18)17(20)10-8-14-5-4-12-22-14/h4-5,7-10,12H,3,6,11H2,1-2H3/b10-8+. The van der Waals surface area contributed by atoms with Crippen molar-refractivity contribution in [3.8, 4) is 5.75 Å². The fourth-order valence-electron chi connectivity index (χ4n) is 2.87. The molecule has 2 aromatic rings. The summed E-state index contributed by atoms with van der Waals surface area (Å²) in [5.74, 6) is 1.36. The van der Waals surface area contributed by atoms with Crippen molar-refractivity contribution in [2.75, 3.05) is 18.6 Å². The Labute approximate surface area is 130 Å². The first kappa shape index (κ1) is 14.4. The number of furan rings is 1. The largest absolute Gasteiger partial charge is 0.495 e. The average Bonchev–Trinajstić information content (AvgIpc) is 3.06. The van der Waals surface area contributed by atoms with E-state index in [1.54, 1.807) is 36.5 Å². The summed E-state index contributed by atoms with van der Waals surface area (Å²) >= 11 is 0. The van der Waals surface area contributed by atoms with Crippen LogP contribution >= 0.6 is 0 Å². The van der Waals surface area contributed by atoms with Crippen molar-refractivity contribution >= 4 is 17.7 Å². The molecule has 4 heteroatoms. The van der Waals surface area contributed by atoms with E-state index in [2.05, 4.69) is 6.92 Å². The normalized spacial score (nSPS) is 14.2. The van der Waals surface area contributed by atoms with Crippen LogP contribution in [0.2, 0.25) is 0 Å². The molecule has 0 spiro atoms. The molecular formula is C18H19NO3. The maximum atomic E-state index is 12.6. The van der Waals surface area contributed by atoms with Gasteiger partial charge in [-0.1, -0.05) is 6.07 Å². The number of hydrogen-bond acceptors (Lipinski definition) is 3. The minimum absolute atomic E-state index is 0.0544. The first-order valence-corrected chi connectivity index (χ1v) is 7.40. The van der Waals surface area contributed by atoms with E-state index in [-0.39, 0.29) is 5.91 Å². The fourth-order valence-corrected chi connectivity index (χ4v) is 2.87. The van der Waals surface area contributed by atoms with Gasteiger partial charge in [-0.2, -0.15) is 0 Å². The van der Waals surface area contributed by atoms with Crippen LogP contribution in [0.3, 0.4) is 0 Å². The van der Waals surface area contributed by atoms with Crippen LogP contribution in [-0.2, 0) is 11.2 Å². The van der Waals surface area contributed by atoms with Crippen LogP contribution in [-0.4, -0.2) is 19.6 Å². The van der Waals surface area contributed by atoms with E-state index in [4.69, 9.17) is 9.15 Å². The van der Waals surface area contributed by atoms with Crippen molar-refractivity contribution in [1.29, 1.82) is 0 Å². The first-order chi connectivity index (χ1) is 10.7. The topological polar surface area (TPSA) is 42.7 Å². The molecule has 1 aromatic heterocycles. The summed E-state index contributed by atoms with van der Waals surface area (Å²) in [6.45, 7) is 2.78. The number of benzene rings is 1. The van der Waals surface area contributed by atoms with Gasteiger partial charge in [0.1, 0.15) is 11.5 Å². The molecule has 1 aliphatic rings. The lowest BCUT2D eigenvalue weighted by Crippen LogP contribution is -2.34. The molecule has 1 aromatic carbocycles. The van der Waals surface area contributed by atoms with E-state index >= 15 is 0 Å². The second kappa shape index (κ2) is 6.10. The molecule has 0 bridgehead atoms. The van der Waals surface area contributed by atoms with Crippen molar-refractivity contribution in [1.82, 2.24) is 0 Å². The SMILES string of the molecule is COc1ccc(C)c2c1N(C(=O)/C=C/c1ccco1)CCC2. The van der Waals surface area contributed by atoms with E-state index in [1.165, 1.54) is 11.1 Å². The number of carbonyl (C=O) groups is 1. The summed E-state index contributed by atoms with van der Waals surface area (Å²) in [7, 11) is 1.64. The Kier molecular flexibility index (Phi) is 4.00. The predicted molar refractivity (Wildman–Crippen MR) is 86.1 cm³/mol. The number of aryl methyl sites for hydroxylation is 1. The number of hydrogen-bond donors (Lipinski definition) is 0. The number of nitrogens with zero attached hydrogens (tertiary/aromatic N) is 1.